The minimum absolute atomic E-state index is 0.490. The van der Waals surface area contributed by atoms with Crippen LogP contribution in [0.2, 0.25) is 0 Å². The molecule has 0 fully saturated rings. The minimum atomic E-state index is 0.490. The molecule has 0 spiro atoms. The zero-order chi connectivity index (χ0) is 9.84. The van der Waals surface area contributed by atoms with Gasteiger partial charge in [0.25, 0.3) is 0 Å². The molecule has 0 saturated carbocycles. The van der Waals surface area contributed by atoms with Gasteiger partial charge in [-0.05, 0) is 34.7 Å². The van der Waals surface area contributed by atoms with Gasteiger partial charge in [0, 0.05) is 0 Å². The van der Waals surface area contributed by atoms with Crippen LogP contribution < -0.4 is 9.47 Å². The van der Waals surface area contributed by atoms with Gasteiger partial charge >= 0.3 is 0 Å². The molecule has 1 rings (SSSR count). The van der Waals surface area contributed by atoms with Crippen molar-refractivity contribution in [2.24, 2.45) is 0 Å². The molecule has 3 nitrogen and oxygen atoms in total. The van der Waals surface area contributed by atoms with Gasteiger partial charge in [0.2, 0.25) is 0 Å². The number of benzene rings is 1. The summed E-state index contributed by atoms with van der Waals surface area (Å²) >= 11 is 2.12. The Balaban J connectivity index is 3.35. The van der Waals surface area contributed by atoms with E-state index < -0.39 is 0 Å². The number of hydrogen-bond donors (Lipinski definition) is 0. The number of ether oxygens (including phenoxy) is 2. The highest BCUT2D eigenvalue weighted by Crippen LogP contribution is 2.34. The first kappa shape index (κ1) is 10.3. The summed E-state index contributed by atoms with van der Waals surface area (Å²) in [5, 5.41) is 0. The fraction of sp³-hybridized carbons (Fsp3) is 0.222. The summed E-state index contributed by atoms with van der Waals surface area (Å²) in [6.45, 7) is 0. The van der Waals surface area contributed by atoms with Crippen molar-refractivity contribution < 1.29 is 14.3 Å². The topological polar surface area (TPSA) is 35.5 Å². The molecule has 0 saturated heterocycles. The molecule has 1 aromatic rings. The van der Waals surface area contributed by atoms with Crippen molar-refractivity contribution in [3.8, 4) is 11.5 Å². The third kappa shape index (κ3) is 1.93. The van der Waals surface area contributed by atoms with E-state index in [0.29, 0.717) is 17.1 Å². The Hall–Kier alpha value is -0.780. The van der Waals surface area contributed by atoms with Crippen LogP contribution in [0.1, 0.15) is 10.4 Å². The predicted molar refractivity (Wildman–Crippen MR) is 57.7 cm³/mol. The molecular weight excluding hydrogens is 283 g/mol. The second kappa shape index (κ2) is 4.45. The van der Waals surface area contributed by atoms with Crippen molar-refractivity contribution in [1.82, 2.24) is 0 Å². The van der Waals surface area contributed by atoms with E-state index in [4.69, 9.17) is 9.47 Å². The van der Waals surface area contributed by atoms with Crippen molar-refractivity contribution in [2.75, 3.05) is 14.2 Å². The van der Waals surface area contributed by atoms with E-state index in [-0.39, 0.29) is 0 Å². The van der Waals surface area contributed by atoms with Crippen molar-refractivity contribution in [2.45, 2.75) is 0 Å². The fourth-order valence-electron chi connectivity index (χ4n) is 1.05. The first-order valence-corrected chi connectivity index (χ1v) is 4.68. The molecule has 0 aliphatic rings. The molecule has 70 valence electrons. The van der Waals surface area contributed by atoms with E-state index in [1.807, 2.05) is 6.07 Å². The predicted octanol–water partition coefficient (Wildman–Crippen LogP) is 2.12. The summed E-state index contributed by atoms with van der Waals surface area (Å²) in [6, 6.07) is 3.52. The largest absolute Gasteiger partial charge is 0.492 e. The first-order valence-electron chi connectivity index (χ1n) is 3.60. The maximum Gasteiger partial charge on any atom is 0.174 e. The third-order valence-electron chi connectivity index (χ3n) is 1.63. The van der Waals surface area contributed by atoms with Crippen LogP contribution in [0.3, 0.4) is 0 Å². The smallest absolute Gasteiger partial charge is 0.174 e. The molecule has 0 amide bonds. The molecule has 0 unspecified atom stereocenters. The molecule has 13 heavy (non-hydrogen) atoms. The Bertz CT molecular complexity index is 323. The number of carbonyl (C=O) groups excluding carboxylic acids is 1. The lowest BCUT2D eigenvalue weighted by Crippen LogP contribution is -1.96. The average Bonchev–Trinajstić information content (AvgIpc) is 2.17. The van der Waals surface area contributed by atoms with Gasteiger partial charge in [-0.25, -0.2) is 0 Å². The second-order valence-corrected chi connectivity index (χ2v) is 3.48. The van der Waals surface area contributed by atoms with Crippen LogP contribution in [-0.4, -0.2) is 20.5 Å². The van der Waals surface area contributed by atoms with Crippen LogP contribution in [0.25, 0.3) is 0 Å². The molecule has 1 aromatic carbocycles. The summed E-state index contributed by atoms with van der Waals surface area (Å²) in [5.41, 5.74) is 0.500. The SMILES string of the molecule is COc1c(I)ccc(C=O)c1OC. The lowest BCUT2D eigenvalue weighted by Gasteiger charge is -2.10. The monoisotopic (exact) mass is 292 g/mol. The molecule has 0 aromatic heterocycles. The molecular formula is C9H9IO3. The number of carbonyl (C=O) groups is 1. The van der Waals surface area contributed by atoms with Crippen molar-refractivity contribution in [3.05, 3.63) is 21.3 Å². The maximum absolute atomic E-state index is 10.6. The van der Waals surface area contributed by atoms with E-state index in [9.17, 15) is 4.79 Å². The van der Waals surface area contributed by atoms with E-state index >= 15 is 0 Å². The molecule has 0 heterocycles. The molecule has 0 bridgehead atoms. The molecule has 0 atom stereocenters. The van der Waals surface area contributed by atoms with Gasteiger partial charge in [-0.2, -0.15) is 0 Å². The normalized spacial score (nSPS) is 9.46. The third-order valence-corrected chi connectivity index (χ3v) is 2.48. The van der Waals surface area contributed by atoms with Crippen LogP contribution in [0.15, 0.2) is 12.1 Å². The number of aldehydes is 1. The van der Waals surface area contributed by atoms with Gasteiger partial charge < -0.3 is 9.47 Å². The van der Waals surface area contributed by atoms with Crippen molar-refractivity contribution in [3.63, 3.8) is 0 Å². The van der Waals surface area contributed by atoms with E-state index in [2.05, 4.69) is 22.6 Å². The highest BCUT2D eigenvalue weighted by molar-refractivity contribution is 14.1. The zero-order valence-electron chi connectivity index (χ0n) is 7.33. The van der Waals surface area contributed by atoms with Crippen LogP contribution in [0.5, 0.6) is 11.5 Å². The zero-order valence-corrected chi connectivity index (χ0v) is 9.49. The highest BCUT2D eigenvalue weighted by Gasteiger charge is 2.12. The van der Waals surface area contributed by atoms with Gasteiger partial charge in [-0.15, -0.1) is 0 Å². The van der Waals surface area contributed by atoms with Crippen LogP contribution in [0.4, 0.5) is 0 Å². The Kier molecular flexibility index (Phi) is 3.53. The Morgan fingerprint density at radius 3 is 2.31 bits per heavy atom. The Morgan fingerprint density at radius 2 is 1.85 bits per heavy atom. The number of hydrogen-bond acceptors (Lipinski definition) is 3. The van der Waals surface area contributed by atoms with E-state index in [1.165, 1.54) is 7.11 Å². The van der Waals surface area contributed by atoms with Crippen LogP contribution in [-0.2, 0) is 0 Å². The fourth-order valence-corrected chi connectivity index (χ4v) is 1.69. The second-order valence-electron chi connectivity index (χ2n) is 2.32. The lowest BCUT2D eigenvalue weighted by molar-refractivity contribution is 0.112. The molecule has 0 aliphatic carbocycles. The minimum Gasteiger partial charge on any atom is -0.492 e. The summed E-state index contributed by atoms with van der Waals surface area (Å²) in [5.74, 6) is 1.09. The van der Waals surface area contributed by atoms with E-state index in [0.717, 1.165) is 9.86 Å². The van der Waals surface area contributed by atoms with Gasteiger partial charge in [0.15, 0.2) is 17.8 Å². The van der Waals surface area contributed by atoms with Crippen molar-refractivity contribution >= 4 is 28.9 Å². The number of methoxy groups -OCH3 is 2. The highest BCUT2D eigenvalue weighted by atomic mass is 127. The number of rotatable bonds is 3. The lowest BCUT2D eigenvalue weighted by atomic mass is 10.2. The molecule has 0 aliphatic heterocycles. The van der Waals surface area contributed by atoms with Gasteiger partial charge in [0.05, 0.1) is 23.4 Å². The number of halogens is 1. The molecule has 0 radical (unpaired) electrons. The average molecular weight is 292 g/mol. The van der Waals surface area contributed by atoms with Gasteiger partial charge in [-0.1, -0.05) is 0 Å². The Labute approximate surface area is 90.2 Å². The van der Waals surface area contributed by atoms with Crippen LogP contribution >= 0.6 is 22.6 Å². The Morgan fingerprint density at radius 1 is 1.23 bits per heavy atom. The standard InChI is InChI=1S/C9H9IO3/c1-12-8-6(5-11)3-4-7(10)9(8)13-2/h3-5H,1-2H3. The van der Waals surface area contributed by atoms with Gasteiger partial charge in [-0.3, -0.25) is 4.79 Å². The molecule has 4 heteroatoms. The first-order chi connectivity index (χ1) is 6.24. The summed E-state index contributed by atoms with van der Waals surface area (Å²) < 4.78 is 11.1. The molecule has 0 N–H and O–H groups in total. The summed E-state index contributed by atoms with van der Waals surface area (Å²) in [4.78, 5) is 10.6. The van der Waals surface area contributed by atoms with Gasteiger partial charge in [0.1, 0.15) is 0 Å². The summed E-state index contributed by atoms with van der Waals surface area (Å²) in [7, 11) is 3.07. The van der Waals surface area contributed by atoms with E-state index in [1.54, 1.807) is 13.2 Å². The quantitative estimate of drug-likeness (QED) is 0.632. The maximum atomic E-state index is 10.6. The van der Waals surface area contributed by atoms with Crippen LogP contribution in [0, 0.1) is 3.57 Å². The summed E-state index contributed by atoms with van der Waals surface area (Å²) in [6.07, 6.45) is 0.747. The van der Waals surface area contributed by atoms with Crippen molar-refractivity contribution in [1.29, 1.82) is 0 Å².